The molecule has 0 aliphatic carbocycles. The van der Waals surface area contributed by atoms with Crippen LogP contribution in [0, 0.1) is 0 Å². The van der Waals surface area contributed by atoms with Crippen LogP contribution in [0.1, 0.15) is 0 Å². The predicted molar refractivity (Wildman–Crippen MR) is 85.5 cm³/mol. The monoisotopic (exact) mass is 353 g/mol. The predicted octanol–water partition coefficient (Wildman–Crippen LogP) is 5.86. The Bertz CT molecular complexity index is 630. The van der Waals surface area contributed by atoms with Gasteiger partial charge in [-0.15, -0.1) is 11.3 Å². The maximum Gasteiger partial charge on any atom is 0.162 e. The normalized spacial score (nSPS) is 10.9. The van der Waals surface area contributed by atoms with Crippen LogP contribution in [-0.4, -0.2) is 4.98 Å². The molecule has 0 radical (unpaired) electrons. The summed E-state index contributed by atoms with van der Waals surface area (Å²) in [5.41, 5.74) is 1.08. The van der Waals surface area contributed by atoms with E-state index in [1.165, 1.54) is 9.60 Å². The van der Waals surface area contributed by atoms with Gasteiger partial charge in [-0.1, -0.05) is 38.9 Å². The van der Waals surface area contributed by atoms with E-state index in [1.807, 2.05) is 6.07 Å². The zero-order valence-electron chi connectivity index (χ0n) is 9.17. The number of thiazole rings is 1. The molecule has 1 nitrogen and oxygen atoms in total. The van der Waals surface area contributed by atoms with Gasteiger partial charge in [0.1, 0.15) is 0 Å². The summed E-state index contributed by atoms with van der Waals surface area (Å²) in [6.45, 7) is 0. The van der Waals surface area contributed by atoms with E-state index < -0.39 is 0 Å². The van der Waals surface area contributed by atoms with Crippen LogP contribution in [0.4, 0.5) is 0 Å². The Kier molecular flexibility index (Phi) is 3.94. The van der Waals surface area contributed by atoms with Crippen molar-refractivity contribution in [3.63, 3.8) is 0 Å². The van der Waals surface area contributed by atoms with E-state index >= 15 is 0 Å². The van der Waals surface area contributed by atoms with Crippen LogP contribution in [0.2, 0.25) is 0 Å². The Balaban J connectivity index is 1.74. The first-order valence-corrected chi connectivity index (χ1v) is 9.03. The van der Waals surface area contributed by atoms with Gasteiger partial charge < -0.3 is 0 Å². The number of halogens is 1. The fourth-order valence-electron chi connectivity index (χ4n) is 1.46. The van der Waals surface area contributed by atoms with E-state index in [1.54, 1.807) is 32.9 Å². The topological polar surface area (TPSA) is 12.9 Å². The number of hydrogen-bond donors (Lipinski definition) is 0. The molecule has 18 heavy (non-hydrogen) atoms. The largest absolute Gasteiger partial charge is 0.229 e. The number of aromatic nitrogens is 1. The van der Waals surface area contributed by atoms with Crippen LogP contribution in [0.3, 0.4) is 0 Å². The van der Waals surface area contributed by atoms with Crippen molar-refractivity contribution >= 4 is 59.1 Å². The van der Waals surface area contributed by atoms with Crippen molar-refractivity contribution in [2.75, 3.05) is 0 Å². The number of para-hydroxylation sites is 1. The summed E-state index contributed by atoms with van der Waals surface area (Å²) in [4.78, 5) is 5.84. The Morgan fingerprint density at radius 1 is 0.944 bits per heavy atom. The molecule has 1 heterocycles. The molecule has 2 aromatic carbocycles. The van der Waals surface area contributed by atoms with Crippen LogP contribution in [0.25, 0.3) is 10.2 Å². The van der Waals surface area contributed by atoms with Gasteiger partial charge in [-0.3, -0.25) is 0 Å². The highest BCUT2D eigenvalue weighted by molar-refractivity contribution is 9.10. The molecule has 90 valence electrons. The number of hydrogen-bond acceptors (Lipinski definition) is 4. The lowest BCUT2D eigenvalue weighted by atomic mass is 10.3. The molecule has 0 saturated heterocycles. The minimum absolute atomic E-state index is 1.08. The van der Waals surface area contributed by atoms with Crippen molar-refractivity contribution in [2.24, 2.45) is 0 Å². The van der Waals surface area contributed by atoms with E-state index in [0.29, 0.717) is 0 Å². The summed E-state index contributed by atoms with van der Waals surface area (Å²) in [5.74, 6) is 0. The van der Waals surface area contributed by atoms with E-state index in [9.17, 15) is 0 Å². The lowest BCUT2D eigenvalue weighted by molar-refractivity contribution is 1.31. The maximum atomic E-state index is 4.60. The van der Waals surface area contributed by atoms with E-state index in [4.69, 9.17) is 0 Å². The molecule has 3 rings (SSSR count). The third-order valence-corrected chi connectivity index (χ3v) is 6.56. The number of rotatable bonds is 3. The molecule has 0 aliphatic heterocycles. The Morgan fingerprint density at radius 2 is 1.72 bits per heavy atom. The lowest BCUT2D eigenvalue weighted by Gasteiger charge is -1.97. The molecule has 0 amide bonds. The van der Waals surface area contributed by atoms with Crippen molar-refractivity contribution < 1.29 is 0 Å². The number of benzene rings is 2. The second-order valence-corrected chi connectivity index (χ2v) is 7.96. The first-order chi connectivity index (χ1) is 8.81. The van der Waals surface area contributed by atoms with Crippen LogP contribution >= 0.6 is 48.9 Å². The van der Waals surface area contributed by atoms with Gasteiger partial charge in [0.2, 0.25) is 0 Å². The van der Waals surface area contributed by atoms with Gasteiger partial charge in [-0.25, -0.2) is 4.98 Å². The smallest absolute Gasteiger partial charge is 0.162 e. The summed E-state index contributed by atoms with van der Waals surface area (Å²) in [7, 11) is 3.46. The van der Waals surface area contributed by atoms with Gasteiger partial charge >= 0.3 is 0 Å². The quantitative estimate of drug-likeness (QED) is 0.547. The van der Waals surface area contributed by atoms with Crippen LogP contribution < -0.4 is 0 Å². The molecule has 0 aliphatic rings. The molecule has 5 heteroatoms. The SMILES string of the molecule is Brc1ccc(SSc2nc3ccccc3s2)cc1. The van der Waals surface area contributed by atoms with Gasteiger partial charge in [0.05, 0.1) is 10.2 Å². The molecular formula is C13H8BrNS3. The third-order valence-electron chi connectivity index (χ3n) is 2.30. The molecule has 0 unspecified atom stereocenters. The summed E-state index contributed by atoms with van der Waals surface area (Å²) in [6.07, 6.45) is 0. The van der Waals surface area contributed by atoms with Gasteiger partial charge in [0, 0.05) is 9.37 Å². The van der Waals surface area contributed by atoms with Crippen LogP contribution in [0.15, 0.2) is 62.2 Å². The maximum absolute atomic E-state index is 4.60. The fraction of sp³-hybridized carbons (Fsp3) is 0. The highest BCUT2D eigenvalue weighted by Crippen LogP contribution is 2.40. The minimum atomic E-state index is 1.08. The summed E-state index contributed by atoms with van der Waals surface area (Å²) >= 11 is 5.18. The van der Waals surface area contributed by atoms with Crippen molar-refractivity contribution in [1.29, 1.82) is 0 Å². The number of fused-ring (bicyclic) bond motifs is 1. The van der Waals surface area contributed by atoms with Gasteiger partial charge in [0.25, 0.3) is 0 Å². The Hall–Kier alpha value is -0.490. The van der Waals surface area contributed by atoms with Gasteiger partial charge in [-0.05, 0) is 47.2 Å². The van der Waals surface area contributed by atoms with Crippen molar-refractivity contribution in [3.8, 4) is 0 Å². The van der Waals surface area contributed by atoms with Crippen LogP contribution in [-0.2, 0) is 0 Å². The highest BCUT2D eigenvalue weighted by atomic mass is 79.9. The molecular weight excluding hydrogens is 346 g/mol. The van der Waals surface area contributed by atoms with E-state index in [-0.39, 0.29) is 0 Å². The number of nitrogens with zero attached hydrogens (tertiary/aromatic N) is 1. The van der Waals surface area contributed by atoms with E-state index in [0.717, 1.165) is 14.3 Å². The first-order valence-electron chi connectivity index (χ1n) is 5.27. The van der Waals surface area contributed by atoms with Gasteiger partial charge in [0.15, 0.2) is 4.34 Å². The molecule has 0 fully saturated rings. The molecule has 3 aromatic rings. The zero-order chi connectivity index (χ0) is 12.4. The standard InChI is InChI=1S/C13H8BrNS3/c14-9-5-7-10(8-6-9)17-18-13-15-11-3-1-2-4-12(11)16-13/h1-8H. The molecule has 0 bridgehead atoms. The van der Waals surface area contributed by atoms with E-state index in [2.05, 4.69) is 63.4 Å². The highest BCUT2D eigenvalue weighted by Gasteiger charge is 2.04. The molecule has 0 atom stereocenters. The average molecular weight is 354 g/mol. The molecule has 0 spiro atoms. The van der Waals surface area contributed by atoms with Crippen molar-refractivity contribution in [1.82, 2.24) is 4.98 Å². The van der Waals surface area contributed by atoms with Crippen molar-refractivity contribution in [3.05, 3.63) is 53.0 Å². The zero-order valence-corrected chi connectivity index (χ0v) is 13.2. The third kappa shape index (κ3) is 2.91. The summed E-state index contributed by atoms with van der Waals surface area (Å²) < 4.78 is 3.46. The first kappa shape index (κ1) is 12.5. The molecule has 0 N–H and O–H groups in total. The summed E-state index contributed by atoms with van der Waals surface area (Å²) in [5, 5.41) is 0. The fourth-order valence-corrected chi connectivity index (χ4v) is 4.94. The average Bonchev–Trinajstić information content (AvgIpc) is 2.81. The lowest BCUT2D eigenvalue weighted by Crippen LogP contribution is -1.68. The second kappa shape index (κ2) is 5.65. The Labute approximate surface area is 126 Å². The second-order valence-electron chi connectivity index (χ2n) is 3.57. The van der Waals surface area contributed by atoms with Crippen LogP contribution in [0.5, 0.6) is 0 Å². The molecule has 1 aromatic heterocycles. The minimum Gasteiger partial charge on any atom is -0.229 e. The molecule has 0 saturated carbocycles. The summed E-state index contributed by atoms with van der Waals surface area (Å²) in [6, 6.07) is 16.6. The Morgan fingerprint density at radius 3 is 2.50 bits per heavy atom. The van der Waals surface area contributed by atoms with Gasteiger partial charge in [-0.2, -0.15) is 0 Å². The van der Waals surface area contributed by atoms with Crippen molar-refractivity contribution in [2.45, 2.75) is 9.24 Å².